The number of rotatable bonds is 7. The Hall–Kier alpha value is -3.71. The first-order chi connectivity index (χ1) is 16.5. The number of methoxy groups -OCH3 is 3. The van der Waals surface area contributed by atoms with Crippen molar-refractivity contribution in [2.45, 2.75) is 13.0 Å². The third-order valence-electron chi connectivity index (χ3n) is 5.47. The highest BCUT2D eigenvalue weighted by Gasteiger charge is 2.37. The van der Waals surface area contributed by atoms with Crippen molar-refractivity contribution in [3.05, 3.63) is 88.8 Å². The average molecular weight is 475 g/mol. The standard InChI is InChI=1S/C27H26N2O4S/c1-18(20-11-7-5-8-12-20)29-26(30)24(34-27(29)28-21-13-9-6-10-14-21)17-19-15-22(31-2)25(33-4)23(16-19)32-3/h5-18H,1-4H3/b24-17+,28-27?/t18-/m1/s1. The van der Waals surface area contributed by atoms with Gasteiger partial charge >= 0.3 is 0 Å². The summed E-state index contributed by atoms with van der Waals surface area (Å²) in [6, 6.07) is 23.0. The monoisotopic (exact) mass is 474 g/mol. The third-order valence-corrected chi connectivity index (χ3v) is 6.45. The summed E-state index contributed by atoms with van der Waals surface area (Å²) >= 11 is 1.35. The molecule has 0 bridgehead atoms. The van der Waals surface area contributed by atoms with E-state index in [0.717, 1.165) is 16.8 Å². The molecule has 3 aromatic carbocycles. The summed E-state index contributed by atoms with van der Waals surface area (Å²) in [5, 5.41) is 0.631. The van der Waals surface area contributed by atoms with Gasteiger partial charge in [-0.1, -0.05) is 48.5 Å². The molecule has 3 aromatic rings. The molecule has 7 heteroatoms. The second-order valence-electron chi connectivity index (χ2n) is 7.56. The summed E-state index contributed by atoms with van der Waals surface area (Å²) in [6.07, 6.45) is 1.83. The number of nitrogens with zero attached hydrogens (tertiary/aromatic N) is 2. The van der Waals surface area contributed by atoms with E-state index in [4.69, 9.17) is 19.2 Å². The minimum absolute atomic E-state index is 0.107. The first-order valence-corrected chi connectivity index (χ1v) is 11.6. The number of thioether (sulfide) groups is 1. The highest BCUT2D eigenvalue weighted by molar-refractivity contribution is 8.18. The third kappa shape index (κ3) is 4.79. The molecular formula is C27H26N2O4S. The summed E-state index contributed by atoms with van der Waals surface area (Å²) in [7, 11) is 4.69. The molecule has 1 aliphatic rings. The fourth-order valence-electron chi connectivity index (χ4n) is 3.74. The van der Waals surface area contributed by atoms with Gasteiger partial charge in [0.1, 0.15) is 0 Å². The molecule has 1 fully saturated rings. The predicted molar refractivity (Wildman–Crippen MR) is 137 cm³/mol. The Bertz CT molecular complexity index is 1200. The Balaban J connectivity index is 1.77. The van der Waals surface area contributed by atoms with Crippen molar-refractivity contribution in [1.29, 1.82) is 0 Å². The van der Waals surface area contributed by atoms with Crippen LogP contribution in [-0.2, 0) is 4.79 Å². The summed E-state index contributed by atoms with van der Waals surface area (Å²) in [4.78, 5) is 20.7. The number of carbonyl (C=O) groups is 1. The van der Waals surface area contributed by atoms with Gasteiger partial charge < -0.3 is 14.2 Å². The molecule has 1 amide bonds. The van der Waals surface area contributed by atoms with E-state index in [2.05, 4.69) is 0 Å². The van der Waals surface area contributed by atoms with Crippen molar-refractivity contribution in [3.63, 3.8) is 0 Å². The van der Waals surface area contributed by atoms with Crippen molar-refractivity contribution in [1.82, 2.24) is 4.90 Å². The number of para-hydroxylation sites is 1. The molecule has 0 saturated carbocycles. The van der Waals surface area contributed by atoms with Crippen LogP contribution in [0, 0.1) is 0 Å². The van der Waals surface area contributed by atoms with Gasteiger partial charge in [0.2, 0.25) is 5.75 Å². The van der Waals surface area contributed by atoms with Crippen LogP contribution in [0.25, 0.3) is 6.08 Å². The molecule has 4 rings (SSSR count). The van der Waals surface area contributed by atoms with E-state index in [9.17, 15) is 4.79 Å². The lowest BCUT2D eigenvalue weighted by Gasteiger charge is -2.24. The maximum atomic E-state index is 13.6. The predicted octanol–water partition coefficient (Wildman–Crippen LogP) is 6.08. The molecule has 34 heavy (non-hydrogen) atoms. The lowest BCUT2D eigenvalue weighted by Crippen LogP contribution is -2.32. The minimum atomic E-state index is -0.186. The van der Waals surface area contributed by atoms with Crippen molar-refractivity contribution < 1.29 is 19.0 Å². The SMILES string of the molecule is COc1cc(/C=C2/SC(=Nc3ccccc3)N([C@H](C)c3ccccc3)C2=O)cc(OC)c1OC. The Morgan fingerprint density at radius 3 is 2.03 bits per heavy atom. The van der Waals surface area contributed by atoms with E-state index < -0.39 is 0 Å². The molecule has 0 N–H and O–H groups in total. The van der Waals surface area contributed by atoms with Gasteiger partial charge in [0.25, 0.3) is 5.91 Å². The number of carbonyl (C=O) groups excluding carboxylic acids is 1. The fraction of sp³-hybridized carbons (Fsp3) is 0.185. The van der Waals surface area contributed by atoms with Gasteiger partial charge in [-0.25, -0.2) is 4.99 Å². The quantitative estimate of drug-likeness (QED) is 0.389. The van der Waals surface area contributed by atoms with Crippen molar-refractivity contribution in [2.75, 3.05) is 21.3 Å². The van der Waals surface area contributed by atoms with E-state index in [1.807, 2.05) is 85.8 Å². The molecule has 1 saturated heterocycles. The van der Waals surface area contributed by atoms with E-state index >= 15 is 0 Å². The van der Waals surface area contributed by atoms with Crippen molar-refractivity contribution in [2.24, 2.45) is 4.99 Å². The van der Waals surface area contributed by atoms with E-state index in [0.29, 0.717) is 27.3 Å². The fourth-order valence-corrected chi connectivity index (χ4v) is 4.80. The Labute approximate surface area is 203 Å². The topological polar surface area (TPSA) is 60.4 Å². The Morgan fingerprint density at radius 1 is 0.882 bits per heavy atom. The van der Waals surface area contributed by atoms with Crippen LogP contribution in [-0.4, -0.2) is 37.3 Å². The zero-order chi connectivity index (χ0) is 24.1. The van der Waals surface area contributed by atoms with Gasteiger partial charge in [-0.2, -0.15) is 0 Å². The van der Waals surface area contributed by atoms with Crippen LogP contribution in [0.1, 0.15) is 24.1 Å². The van der Waals surface area contributed by atoms with Crippen LogP contribution in [0.5, 0.6) is 17.2 Å². The molecule has 1 atom stereocenters. The molecule has 0 radical (unpaired) electrons. The van der Waals surface area contributed by atoms with Crippen LogP contribution in [0.4, 0.5) is 5.69 Å². The number of hydrogen-bond donors (Lipinski definition) is 0. The molecular weight excluding hydrogens is 448 g/mol. The van der Waals surface area contributed by atoms with Gasteiger partial charge in [0, 0.05) is 0 Å². The van der Waals surface area contributed by atoms with Crippen LogP contribution in [0.2, 0.25) is 0 Å². The van der Waals surface area contributed by atoms with E-state index in [1.54, 1.807) is 26.2 Å². The van der Waals surface area contributed by atoms with Gasteiger partial charge in [0.15, 0.2) is 16.7 Å². The lowest BCUT2D eigenvalue weighted by atomic mass is 10.1. The molecule has 0 unspecified atom stereocenters. The van der Waals surface area contributed by atoms with E-state index in [-0.39, 0.29) is 11.9 Å². The molecule has 1 aliphatic heterocycles. The van der Waals surface area contributed by atoms with Crippen LogP contribution >= 0.6 is 11.8 Å². The minimum Gasteiger partial charge on any atom is -0.493 e. The average Bonchev–Trinajstić information content (AvgIpc) is 3.17. The maximum Gasteiger partial charge on any atom is 0.267 e. The number of ether oxygens (including phenoxy) is 3. The zero-order valence-electron chi connectivity index (χ0n) is 19.5. The first kappa shape index (κ1) is 23.4. The summed E-state index contributed by atoms with van der Waals surface area (Å²) in [5.41, 5.74) is 2.59. The maximum absolute atomic E-state index is 13.6. The number of amidine groups is 1. The summed E-state index contributed by atoms with van der Waals surface area (Å²) in [6.45, 7) is 2.01. The highest BCUT2D eigenvalue weighted by atomic mass is 32.2. The lowest BCUT2D eigenvalue weighted by molar-refractivity contribution is -0.123. The van der Waals surface area contributed by atoms with Crippen molar-refractivity contribution in [3.8, 4) is 17.2 Å². The van der Waals surface area contributed by atoms with Crippen LogP contribution in [0.15, 0.2) is 82.7 Å². The molecule has 0 aromatic heterocycles. The molecule has 1 heterocycles. The Morgan fingerprint density at radius 2 is 1.47 bits per heavy atom. The van der Waals surface area contributed by atoms with Gasteiger partial charge in [0.05, 0.1) is 38.0 Å². The normalized spacial score (nSPS) is 16.7. The van der Waals surface area contributed by atoms with Gasteiger partial charge in [-0.3, -0.25) is 9.69 Å². The summed E-state index contributed by atoms with van der Waals surface area (Å²) in [5.74, 6) is 1.45. The van der Waals surface area contributed by atoms with Crippen molar-refractivity contribution >= 4 is 34.6 Å². The number of amides is 1. The largest absolute Gasteiger partial charge is 0.493 e. The molecule has 0 aliphatic carbocycles. The van der Waals surface area contributed by atoms with E-state index in [1.165, 1.54) is 11.8 Å². The summed E-state index contributed by atoms with van der Waals surface area (Å²) < 4.78 is 16.4. The molecule has 174 valence electrons. The zero-order valence-corrected chi connectivity index (χ0v) is 20.3. The van der Waals surface area contributed by atoms with Crippen LogP contribution in [0.3, 0.4) is 0 Å². The Kier molecular flexibility index (Phi) is 7.23. The second-order valence-corrected chi connectivity index (χ2v) is 8.57. The second kappa shape index (κ2) is 10.5. The molecule has 0 spiro atoms. The van der Waals surface area contributed by atoms with Gasteiger partial charge in [-0.05, 0) is 60.2 Å². The first-order valence-electron chi connectivity index (χ1n) is 10.8. The number of benzene rings is 3. The van der Waals surface area contributed by atoms with Gasteiger partial charge in [-0.15, -0.1) is 0 Å². The highest BCUT2D eigenvalue weighted by Crippen LogP contribution is 2.42. The number of hydrogen-bond acceptors (Lipinski definition) is 6. The number of aliphatic imine (C=N–C) groups is 1. The smallest absolute Gasteiger partial charge is 0.267 e. The van der Waals surface area contributed by atoms with Crippen LogP contribution < -0.4 is 14.2 Å². The molecule has 6 nitrogen and oxygen atoms in total.